The summed E-state index contributed by atoms with van der Waals surface area (Å²) in [6.45, 7) is 2.80. The molecule has 1 nitrogen and oxygen atoms in total. The van der Waals surface area contributed by atoms with Crippen molar-refractivity contribution < 1.29 is 9.13 Å². The number of benzene rings is 2. The van der Waals surface area contributed by atoms with Crippen molar-refractivity contribution in [1.82, 2.24) is 0 Å². The van der Waals surface area contributed by atoms with Crippen LogP contribution in [-0.2, 0) is 6.42 Å². The third-order valence-corrected chi connectivity index (χ3v) is 4.76. The molecule has 0 radical (unpaired) electrons. The lowest BCUT2D eigenvalue weighted by molar-refractivity contribution is 0.288. The average molecular weight is 335 g/mol. The molecule has 3 rings (SSSR count). The van der Waals surface area contributed by atoms with Gasteiger partial charge in [0.1, 0.15) is 11.6 Å². The Morgan fingerprint density at radius 3 is 2.90 bits per heavy atom. The molecule has 0 aliphatic carbocycles. The molecule has 3 heteroatoms. The molecule has 0 aromatic heterocycles. The second-order valence-electron chi connectivity index (χ2n) is 5.18. The second-order valence-corrected chi connectivity index (χ2v) is 6.10. The highest BCUT2D eigenvalue weighted by atomic mass is 79.9. The number of hydrogen-bond donors (Lipinski definition) is 0. The summed E-state index contributed by atoms with van der Waals surface area (Å²) in [6.07, 6.45) is 2.10. The van der Waals surface area contributed by atoms with Gasteiger partial charge in [0.05, 0.1) is 11.4 Å². The van der Waals surface area contributed by atoms with Crippen LogP contribution in [0, 0.1) is 12.7 Å². The molecule has 0 bridgehead atoms. The molecule has 0 N–H and O–H groups in total. The van der Waals surface area contributed by atoms with E-state index in [-0.39, 0.29) is 10.6 Å². The van der Waals surface area contributed by atoms with Gasteiger partial charge in [0, 0.05) is 0 Å². The Morgan fingerprint density at radius 2 is 2.05 bits per heavy atom. The maximum atomic E-state index is 13.5. The van der Waals surface area contributed by atoms with Gasteiger partial charge in [0.2, 0.25) is 0 Å². The summed E-state index contributed by atoms with van der Waals surface area (Å²) in [7, 11) is 0. The van der Waals surface area contributed by atoms with E-state index in [0.717, 1.165) is 41.9 Å². The van der Waals surface area contributed by atoms with Crippen molar-refractivity contribution >= 4 is 15.9 Å². The van der Waals surface area contributed by atoms with Gasteiger partial charge in [-0.15, -0.1) is 0 Å². The van der Waals surface area contributed by atoms with Crippen molar-refractivity contribution in [2.75, 3.05) is 6.61 Å². The number of ether oxygens (including phenoxy) is 1. The third-order valence-electron chi connectivity index (χ3n) is 3.74. The third kappa shape index (κ3) is 2.59. The number of rotatable bonds is 2. The van der Waals surface area contributed by atoms with Crippen LogP contribution in [-0.4, -0.2) is 6.61 Å². The van der Waals surface area contributed by atoms with E-state index in [0.29, 0.717) is 0 Å². The molecule has 0 saturated heterocycles. The number of alkyl halides is 1. The van der Waals surface area contributed by atoms with Gasteiger partial charge in [-0.1, -0.05) is 34.1 Å². The fourth-order valence-electron chi connectivity index (χ4n) is 2.60. The van der Waals surface area contributed by atoms with Gasteiger partial charge >= 0.3 is 0 Å². The summed E-state index contributed by atoms with van der Waals surface area (Å²) >= 11 is 3.70. The molecular formula is C17H16BrFO. The Bertz CT molecular complexity index is 639. The van der Waals surface area contributed by atoms with Crippen molar-refractivity contribution in [2.45, 2.75) is 24.6 Å². The monoisotopic (exact) mass is 334 g/mol. The summed E-state index contributed by atoms with van der Waals surface area (Å²) in [6, 6.07) is 11.2. The topological polar surface area (TPSA) is 9.23 Å². The maximum Gasteiger partial charge on any atom is 0.123 e. The van der Waals surface area contributed by atoms with Crippen LogP contribution < -0.4 is 4.74 Å². The van der Waals surface area contributed by atoms with E-state index in [1.165, 1.54) is 11.6 Å². The van der Waals surface area contributed by atoms with Crippen LogP contribution >= 0.6 is 15.9 Å². The first-order valence-corrected chi connectivity index (χ1v) is 7.72. The fourth-order valence-corrected chi connectivity index (χ4v) is 3.38. The molecule has 0 saturated carbocycles. The Balaban J connectivity index is 1.97. The van der Waals surface area contributed by atoms with Gasteiger partial charge in [-0.05, 0) is 60.2 Å². The smallest absolute Gasteiger partial charge is 0.123 e. The van der Waals surface area contributed by atoms with Crippen molar-refractivity contribution in [3.63, 3.8) is 0 Å². The minimum absolute atomic E-state index is 0.00502. The van der Waals surface area contributed by atoms with Gasteiger partial charge in [0.25, 0.3) is 0 Å². The van der Waals surface area contributed by atoms with E-state index in [4.69, 9.17) is 4.74 Å². The zero-order chi connectivity index (χ0) is 14.1. The molecule has 0 amide bonds. The first-order chi connectivity index (χ1) is 9.65. The largest absolute Gasteiger partial charge is 0.493 e. The van der Waals surface area contributed by atoms with E-state index in [9.17, 15) is 4.39 Å². The van der Waals surface area contributed by atoms with E-state index < -0.39 is 0 Å². The van der Waals surface area contributed by atoms with E-state index in [2.05, 4.69) is 22.0 Å². The SMILES string of the molecule is Cc1ccc(F)cc1C(Br)c1ccc2c(c1)CCCO2. The summed E-state index contributed by atoms with van der Waals surface area (Å²) in [5.41, 5.74) is 4.44. The first kappa shape index (κ1) is 13.6. The molecule has 20 heavy (non-hydrogen) atoms. The number of fused-ring (bicyclic) bond motifs is 1. The highest BCUT2D eigenvalue weighted by Crippen LogP contribution is 2.36. The summed E-state index contributed by atoms with van der Waals surface area (Å²) in [5, 5.41) is 0. The van der Waals surface area contributed by atoms with E-state index in [1.807, 2.05) is 25.1 Å². The van der Waals surface area contributed by atoms with E-state index in [1.54, 1.807) is 6.07 Å². The summed E-state index contributed by atoms with van der Waals surface area (Å²) < 4.78 is 19.1. The second kappa shape index (κ2) is 5.57. The Morgan fingerprint density at radius 1 is 1.20 bits per heavy atom. The number of aryl methyl sites for hydroxylation is 2. The zero-order valence-corrected chi connectivity index (χ0v) is 12.9. The Kier molecular flexibility index (Phi) is 3.79. The molecule has 2 aromatic rings. The molecular weight excluding hydrogens is 319 g/mol. The van der Waals surface area contributed by atoms with Gasteiger partial charge in [-0.2, -0.15) is 0 Å². The molecule has 2 aromatic carbocycles. The lowest BCUT2D eigenvalue weighted by atomic mass is 9.97. The number of halogens is 2. The average Bonchev–Trinajstić information content (AvgIpc) is 2.48. The van der Waals surface area contributed by atoms with E-state index >= 15 is 0 Å². The minimum Gasteiger partial charge on any atom is -0.493 e. The van der Waals surface area contributed by atoms with Gasteiger partial charge < -0.3 is 4.74 Å². The lowest BCUT2D eigenvalue weighted by Gasteiger charge is -2.20. The van der Waals surface area contributed by atoms with Crippen LogP contribution in [0.1, 0.15) is 33.5 Å². The molecule has 1 aliphatic rings. The van der Waals surface area contributed by atoms with Crippen molar-refractivity contribution in [1.29, 1.82) is 0 Å². The molecule has 0 fully saturated rings. The first-order valence-electron chi connectivity index (χ1n) is 6.81. The highest BCUT2D eigenvalue weighted by Gasteiger charge is 2.17. The molecule has 1 heterocycles. The molecule has 104 valence electrons. The normalized spacial score (nSPS) is 15.3. The van der Waals surface area contributed by atoms with Gasteiger partial charge in [-0.3, -0.25) is 0 Å². The number of hydrogen-bond acceptors (Lipinski definition) is 1. The van der Waals surface area contributed by atoms with Crippen LogP contribution in [0.15, 0.2) is 36.4 Å². The minimum atomic E-state index is -0.198. The van der Waals surface area contributed by atoms with Crippen LogP contribution in [0.3, 0.4) is 0 Å². The molecule has 1 unspecified atom stereocenters. The molecule has 1 atom stereocenters. The van der Waals surface area contributed by atoms with Crippen LogP contribution in [0.4, 0.5) is 4.39 Å². The Hall–Kier alpha value is -1.35. The summed E-state index contributed by atoms with van der Waals surface area (Å²) in [5.74, 6) is 0.784. The lowest BCUT2D eigenvalue weighted by Crippen LogP contribution is -2.09. The van der Waals surface area contributed by atoms with Crippen molar-refractivity contribution in [3.8, 4) is 5.75 Å². The predicted molar refractivity (Wildman–Crippen MR) is 82.2 cm³/mol. The molecule has 1 aliphatic heterocycles. The summed E-state index contributed by atoms with van der Waals surface area (Å²) in [4.78, 5) is 0.00502. The molecule has 0 spiro atoms. The van der Waals surface area contributed by atoms with Crippen LogP contribution in [0.5, 0.6) is 5.75 Å². The Labute approximate surface area is 126 Å². The predicted octanol–water partition coefficient (Wildman–Crippen LogP) is 4.94. The highest BCUT2D eigenvalue weighted by molar-refractivity contribution is 9.09. The quantitative estimate of drug-likeness (QED) is 0.706. The fraction of sp³-hybridized carbons (Fsp3) is 0.294. The maximum absolute atomic E-state index is 13.5. The van der Waals surface area contributed by atoms with Gasteiger partial charge in [0.15, 0.2) is 0 Å². The standard InChI is InChI=1S/C17H16BrFO/c1-11-4-6-14(19)10-15(11)17(18)13-5-7-16-12(9-13)3-2-8-20-16/h4-7,9-10,17H,2-3,8H2,1H3. The van der Waals surface area contributed by atoms with Crippen molar-refractivity contribution in [2.24, 2.45) is 0 Å². The van der Waals surface area contributed by atoms with Crippen LogP contribution in [0.2, 0.25) is 0 Å². The van der Waals surface area contributed by atoms with Crippen molar-refractivity contribution in [3.05, 3.63) is 64.5 Å². The zero-order valence-electron chi connectivity index (χ0n) is 11.3. The van der Waals surface area contributed by atoms with Gasteiger partial charge in [-0.25, -0.2) is 4.39 Å². The van der Waals surface area contributed by atoms with Crippen LogP contribution in [0.25, 0.3) is 0 Å².